The van der Waals surface area contributed by atoms with E-state index in [4.69, 9.17) is 0 Å². The highest BCUT2D eigenvalue weighted by molar-refractivity contribution is 6.90. The van der Waals surface area contributed by atoms with Gasteiger partial charge in [0.15, 0.2) is 0 Å². The van der Waals surface area contributed by atoms with Crippen LogP contribution in [0.5, 0.6) is 0 Å². The monoisotopic (exact) mass is 304 g/mol. The van der Waals surface area contributed by atoms with Crippen molar-refractivity contribution in [3.8, 4) is 11.5 Å². The largest absolute Gasteiger partial charge is 0.402 e. The average Bonchev–Trinajstić information content (AvgIpc) is 2.25. The zero-order chi connectivity index (χ0) is 16.1. The summed E-state index contributed by atoms with van der Waals surface area (Å²) in [5, 5.41) is 0. The zero-order valence-corrected chi connectivity index (χ0v) is 14.4. The van der Waals surface area contributed by atoms with Crippen LogP contribution in [0.2, 0.25) is 16.6 Å². The molecule has 0 aromatic rings. The summed E-state index contributed by atoms with van der Waals surface area (Å²) in [5.41, 5.74) is 4.17. The lowest BCUT2D eigenvalue weighted by molar-refractivity contribution is -0.157. The van der Waals surface area contributed by atoms with Crippen LogP contribution in [0.4, 0.5) is 13.2 Å². The van der Waals surface area contributed by atoms with E-state index in [0.717, 1.165) is 0 Å². The minimum atomic E-state index is -4.27. The van der Waals surface area contributed by atoms with Gasteiger partial charge in [0.05, 0.1) is 0 Å². The van der Waals surface area contributed by atoms with E-state index in [1.165, 1.54) is 6.08 Å². The summed E-state index contributed by atoms with van der Waals surface area (Å²) in [7, 11) is -2.09. The number of halogens is 3. The summed E-state index contributed by atoms with van der Waals surface area (Å²) in [6.07, 6.45) is -3.10. The molecule has 0 aromatic carbocycles. The van der Waals surface area contributed by atoms with Crippen LogP contribution >= 0.6 is 0 Å². The van der Waals surface area contributed by atoms with Crippen LogP contribution in [0.1, 0.15) is 48.0 Å². The van der Waals surface area contributed by atoms with Gasteiger partial charge < -0.3 is 0 Å². The molecule has 0 aromatic heterocycles. The van der Waals surface area contributed by atoms with Gasteiger partial charge in [0, 0.05) is 0 Å². The Bertz CT molecular complexity index is 348. The molecule has 20 heavy (non-hydrogen) atoms. The first-order chi connectivity index (χ1) is 9.00. The SMILES string of the molecule is C=CCC(C#C[Si](C(C)C)(C(C)C)C(C)C)C(F)(F)F. The Morgan fingerprint density at radius 3 is 1.65 bits per heavy atom. The first kappa shape index (κ1) is 19.3. The molecule has 0 rings (SSSR count). The van der Waals surface area contributed by atoms with Crippen LogP contribution in [-0.4, -0.2) is 14.3 Å². The van der Waals surface area contributed by atoms with Gasteiger partial charge in [0.1, 0.15) is 14.0 Å². The summed E-state index contributed by atoms with van der Waals surface area (Å²) >= 11 is 0. The fourth-order valence-electron chi connectivity index (χ4n) is 3.09. The Hall–Kier alpha value is -0.693. The van der Waals surface area contributed by atoms with Crippen LogP contribution in [0.3, 0.4) is 0 Å². The first-order valence-electron chi connectivity index (χ1n) is 7.20. The third kappa shape index (κ3) is 4.41. The van der Waals surface area contributed by atoms with Crippen LogP contribution in [0.15, 0.2) is 12.7 Å². The Kier molecular flexibility index (Phi) is 7.10. The van der Waals surface area contributed by atoms with Gasteiger partial charge >= 0.3 is 6.18 Å². The Labute approximate surface area is 122 Å². The molecule has 1 atom stereocenters. The molecule has 0 spiro atoms. The van der Waals surface area contributed by atoms with Crippen molar-refractivity contribution in [3.63, 3.8) is 0 Å². The van der Waals surface area contributed by atoms with Crippen molar-refractivity contribution in [1.29, 1.82) is 0 Å². The van der Waals surface area contributed by atoms with E-state index < -0.39 is 20.2 Å². The standard InChI is InChI=1S/C16H27F3Si/c1-8-9-15(16(17,18)19)10-11-20(12(2)3,13(4)5)14(6)7/h8,12-15H,1,9H2,2-7H3. The average molecular weight is 304 g/mol. The zero-order valence-electron chi connectivity index (χ0n) is 13.4. The van der Waals surface area contributed by atoms with E-state index >= 15 is 0 Å². The maximum atomic E-state index is 13.0. The van der Waals surface area contributed by atoms with Gasteiger partial charge in [-0.1, -0.05) is 53.5 Å². The molecule has 0 saturated heterocycles. The molecule has 0 amide bonds. The van der Waals surface area contributed by atoms with Gasteiger partial charge in [-0.15, -0.1) is 12.1 Å². The topological polar surface area (TPSA) is 0 Å². The van der Waals surface area contributed by atoms with Crippen LogP contribution in [-0.2, 0) is 0 Å². The molecule has 0 aliphatic rings. The molecule has 0 aliphatic heterocycles. The highest BCUT2D eigenvalue weighted by atomic mass is 28.3. The number of alkyl halides is 3. The van der Waals surface area contributed by atoms with Crippen molar-refractivity contribution in [2.75, 3.05) is 0 Å². The lowest BCUT2D eigenvalue weighted by atomic mass is 10.1. The summed E-state index contributed by atoms with van der Waals surface area (Å²) in [6.45, 7) is 16.0. The smallest absolute Gasteiger partial charge is 0.170 e. The maximum absolute atomic E-state index is 13.0. The molecule has 4 heteroatoms. The Balaban J connectivity index is 5.68. The van der Waals surface area contributed by atoms with E-state index in [1.54, 1.807) is 0 Å². The van der Waals surface area contributed by atoms with Gasteiger partial charge in [0.2, 0.25) is 0 Å². The van der Waals surface area contributed by atoms with E-state index in [9.17, 15) is 13.2 Å². The molecule has 0 aliphatic carbocycles. The van der Waals surface area contributed by atoms with Crippen LogP contribution in [0, 0.1) is 17.4 Å². The van der Waals surface area contributed by atoms with Gasteiger partial charge in [-0.2, -0.15) is 13.2 Å². The van der Waals surface area contributed by atoms with E-state index in [-0.39, 0.29) is 6.42 Å². The van der Waals surface area contributed by atoms with Crippen molar-refractivity contribution in [2.45, 2.75) is 70.8 Å². The normalized spacial score (nSPS) is 14.4. The summed E-state index contributed by atoms with van der Waals surface area (Å²) in [4.78, 5) is 0. The van der Waals surface area contributed by atoms with E-state index in [0.29, 0.717) is 16.6 Å². The number of hydrogen-bond acceptors (Lipinski definition) is 0. The Morgan fingerprint density at radius 2 is 1.40 bits per heavy atom. The molecule has 0 N–H and O–H groups in total. The molecule has 0 saturated carbocycles. The first-order valence-corrected chi connectivity index (χ1v) is 9.43. The molecule has 116 valence electrons. The quantitative estimate of drug-likeness (QED) is 0.334. The molecule has 1 unspecified atom stereocenters. The third-order valence-corrected chi connectivity index (χ3v) is 10.4. The predicted molar refractivity (Wildman–Crippen MR) is 83.2 cm³/mol. The highest BCUT2D eigenvalue weighted by Crippen LogP contribution is 2.41. The maximum Gasteiger partial charge on any atom is 0.402 e. The van der Waals surface area contributed by atoms with Gasteiger partial charge in [-0.25, -0.2) is 0 Å². The molecule has 0 bridgehead atoms. The van der Waals surface area contributed by atoms with Gasteiger partial charge in [0.25, 0.3) is 0 Å². The van der Waals surface area contributed by atoms with Crippen LogP contribution < -0.4 is 0 Å². The van der Waals surface area contributed by atoms with Crippen molar-refractivity contribution in [2.24, 2.45) is 5.92 Å². The van der Waals surface area contributed by atoms with Crippen molar-refractivity contribution < 1.29 is 13.2 Å². The number of hydrogen-bond donors (Lipinski definition) is 0. The molecular formula is C16H27F3Si. The minimum absolute atomic E-state index is 0.130. The van der Waals surface area contributed by atoms with E-state index in [2.05, 4.69) is 59.6 Å². The molecule has 0 heterocycles. The van der Waals surface area contributed by atoms with Crippen molar-refractivity contribution >= 4 is 8.07 Å². The second kappa shape index (κ2) is 7.35. The summed E-state index contributed by atoms with van der Waals surface area (Å²) in [5.74, 6) is 0.981. The highest BCUT2D eigenvalue weighted by Gasteiger charge is 2.43. The van der Waals surface area contributed by atoms with Crippen molar-refractivity contribution in [3.05, 3.63) is 12.7 Å². The lowest BCUT2D eigenvalue weighted by Crippen LogP contribution is -2.43. The second-order valence-corrected chi connectivity index (χ2v) is 11.9. The van der Waals surface area contributed by atoms with E-state index in [1.807, 2.05) is 0 Å². The van der Waals surface area contributed by atoms with Gasteiger partial charge in [-0.05, 0) is 23.0 Å². The van der Waals surface area contributed by atoms with Gasteiger partial charge in [-0.3, -0.25) is 0 Å². The fraction of sp³-hybridized carbons (Fsp3) is 0.750. The molecule has 0 radical (unpaired) electrons. The fourth-order valence-corrected chi connectivity index (χ4v) is 8.38. The molecular weight excluding hydrogens is 277 g/mol. The lowest BCUT2D eigenvalue weighted by Gasteiger charge is -2.38. The third-order valence-electron chi connectivity index (χ3n) is 4.13. The Morgan fingerprint density at radius 1 is 1.00 bits per heavy atom. The van der Waals surface area contributed by atoms with Crippen LogP contribution in [0.25, 0.3) is 0 Å². The minimum Gasteiger partial charge on any atom is -0.170 e. The second-order valence-electron chi connectivity index (χ2n) is 6.29. The summed E-state index contributed by atoms with van der Waals surface area (Å²) < 4.78 is 38.9. The van der Waals surface area contributed by atoms with Crippen molar-refractivity contribution in [1.82, 2.24) is 0 Å². The number of rotatable bonds is 5. The summed E-state index contributed by atoms with van der Waals surface area (Å²) in [6, 6.07) is 0. The molecule has 0 fully saturated rings. The number of allylic oxidation sites excluding steroid dienone is 1. The molecule has 0 nitrogen and oxygen atoms in total. The predicted octanol–water partition coefficient (Wildman–Crippen LogP) is 5.96.